The first-order valence-electron chi connectivity index (χ1n) is 12.8. The van der Waals surface area contributed by atoms with E-state index in [1.54, 1.807) is 30.3 Å². The van der Waals surface area contributed by atoms with E-state index in [1.165, 1.54) is 36.2 Å². The van der Waals surface area contributed by atoms with E-state index in [-0.39, 0.29) is 26.6 Å². The summed E-state index contributed by atoms with van der Waals surface area (Å²) in [6.45, 7) is 5.92. The zero-order valence-electron chi connectivity index (χ0n) is 22.9. The van der Waals surface area contributed by atoms with Crippen molar-refractivity contribution in [2.45, 2.75) is 50.8 Å². The zero-order chi connectivity index (χ0) is 29.9. The van der Waals surface area contributed by atoms with E-state index in [4.69, 9.17) is 27.9 Å². The van der Waals surface area contributed by atoms with Crippen LogP contribution in [0.5, 0.6) is 0 Å². The second-order valence-electron chi connectivity index (χ2n) is 11.0. The third-order valence-corrected chi connectivity index (χ3v) is 7.96. The molecule has 3 aromatic rings. The number of nitrogens with one attached hydrogen (secondary N) is 3. The van der Waals surface area contributed by atoms with Crippen LogP contribution < -0.4 is 15.4 Å². The van der Waals surface area contributed by atoms with E-state index in [1.807, 2.05) is 27.0 Å². The predicted octanol–water partition coefficient (Wildman–Crippen LogP) is 8.49. The van der Waals surface area contributed by atoms with Gasteiger partial charge in [0.05, 0.1) is 17.0 Å². The summed E-state index contributed by atoms with van der Waals surface area (Å²) >= 11 is 13.7. The second kappa shape index (κ2) is 12.5. The maximum atomic E-state index is 15.7. The molecule has 0 radical (unpaired) electrons. The number of rotatable bonds is 7. The minimum atomic E-state index is -1.70. The van der Waals surface area contributed by atoms with Crippen molar-refractivity contribution in [2.75, 3.05) is 16.3 Å². The van der Waals surface area contributed by atoms with Crippen LogP contribution in [0.2, 0.25) is 10.0 Å². The fraction of sp³-hybridized carbons (Fsp3) is 0.333. The predicted molar refractivity (Wildman–Crippen MR) is 161 cm³/mol. The van der Waals surface area contributed by atoms with Crippen LogP contribution in [0.1, 0.15) is 44.2 Å². The molecule has 0 aliphatic carbocycles. The maximum absolute atomic E-state index is 15.7. The molecule has 1 aliphatic heterocycles. The molecular formula is C30H30Cl2F2N4O2S. The van der Waals surface area contributed by atoms with E-state index in [9.17, 15) is 10.1 Å². The SMILES string of the molecule is CSNc1ccc(NC(=O)O[C@H]2N[C@@H](CC(C)(C)C)C(C#N)(c3ccc(Cl)cc3F)C2c2cccc(Cl)c2F)cc1. The third kappa shape index (κ3) is 6.57. The molecule has 1 aliphatic rings. The fourth-order valence-electron chi connectivity index (χ4n) is 5.37. The minimum absolute atomic E-state index is 0.0129. The van der Waals surface area contributed by atoms with Crippen molar-refractivity contribution >= 4 is 52.6 Å². The molecule has 1 heterocycles. The van der Waals surface area contributed by atoms with Crippen molar-refractivity contribution in [3.8, 4) is 6.07 Å². The van der Waals surface area contributed by atoms with Gasteiger partial charge in [0.25, 0.3) is 0 Å². The van der Waals surface area contributed by atoms with E-state index in [0.717, 1.165) is 11.8 Å². The summed E-state index contributed by atoms with van der Waals surface area (Å²) in [6.07, 6.45) is 0.205. The number of amides is 1. The van der Waals surface area contributed by atoms with Crippen LogP contribution in [0.25, 0.3) is 0 Å². The summed E-state index contributed by atoms with van der Waals surface area (Å²) in [5.74, 6) is -2.68. The molecule has 0 aromatic heterocycles. The highest BCUT2D eigenvalue weighted by Gasteiger charge is 2.61. The Bertz CT molecular complexity index is 1460. The van der Waals surface area contributed by atoms with Gasteiger partial charge in [-0.3, -0.25) is 10.6 Å². The molecule has 3 aromatic carbocycles. The normalized spacial score (nSPS) is 22.2. The van der Waals surface area contributed by atoms with Gasteiger partial charge in [-0.25, -0.2) is 13.6 Å². The van der Waals surface area contributed by atoms with Crippen molar-refractivity contribution in [1.82, 2.24) is 5.32 Å². The number of halogens is 4. The number of ether oxygens (including phenoxy) is 1. The monoisotopic (exact) mass is 618 g/mol. The molecule has 0 saturated carbocycles. The Morgan fingerprint density at radius 3 is 2.41 bits per heavy atom. The lowest BCUT2D eigenvalue weighted by molar-refractivity contribution is 0.0851. The van der Waals surface area contributed by atoms with Crippen molar-refractivity contribution < 1.29 is 18.3 Å². The molecule has 11 heteroatoms. The summed E-state index contributed by atoms with van der Waals surface area (Å²) in [7, 11) is 0. The second-order valence-corrected chi connectivity index (χ2v) is 12.5. The van der Waals surface area contributed by atoms with E-state index >= 15 is 8.78 Å². The molecular weight excluding hydrogens is 589 g/mol. The summed E-state index contributed by atoms with van der Waals surface area (Å²) in [4.78, 5) is 13.2. The number of anilines is 2. The quantitative estimate of drug-likeness (QED) is 0.230. The highest BCUT2D eigenvalue weighted by Crippen LogP contribution is 2.53. The first kappa shape index (κ1) is 30.9. The number of nitriles is 1. The number of hydrogen-bond donors (Lipinski definition) is 3. The standard InChI is InChI=1S/C30H30Cl2F2N4O2S/c1-29(2,3)15-24-30(16-35,21-13-8-17(31)14-23(21)33)25(20-6-5-7-22(32)26(20)34)27(37-24)40-28(39)36-18-9-11-19(12-10-18)38-41-4/h5-14,24-25,27,37-38H,15H2,1-4H3,(H,36,39)/t24-,25?,27+,30?/m0/s1. The first-order chi connectivity index (χ1) is 19.4. The van der Waals surface area contributed by atoms with Crippen molar-refractivity contribution in [3.63, 3.8) is 0 Å². The zero-order valence-corrected chi connectivity index (χ0v) is 25.2. The van der Waals surface area contributed by atoms with Crippen LogP contribution in [0, 0.1) is 28.4 Å². The molecule has 0 bridgehead atoms. The summed E-state index contributed by atoms with van der Waals surface area (Å²) in [5.41, 5.74) is -0.708. The average molecular weight is 620 g/mol. The number of carbonyl (C=O) groups is 1. The van der Waals surface area contributed by atoms with Gasteiger partial charge in [0.15, 0.2) is 6.23 Å². The van der Waals surface area contributed by atoms with Gasteiger partial charge in [-0.15, -0.1) is 0 Å². The van der Waals surface area contributed by atoms with Gasteiger partial charge >= 0.3 is 6.09 Å². The molecule has 4 rings (SSSR count). The third-order valence-electron chi connectivity index (χ3n) is 6.99. The topological polar surface area (TPSA) is 86.2 Å². The number of hydrogen-bond acceptors (Lipinski definition) is 6. The van der Waals surface area contributed by atoms with Gasteiger partial charge in [0.1, 0.15) is 17.0 Å². The molecule has 0 spiro atoms. The molecule has 1 fully saturated rings. The van der Waals surface area contributed by atoms with Gasteiger partial charge < -0.3 is 9.46 Å². The average Bonchev–Trinajstić information content (AvgIpc) is 3.18. The van der Waals surface area contributed by atoms with Gasteiger partial charge in [-0.1, -0.05) is 74.1 Å². The largest absolute Gasteiger partial charge is 0.429 e. The molecule has 216 valence electrons. The van der Waals surface area contributed by atoms with E-state index in [0.29, 0.717) is 12.1 Å². The summed E-state index contributed by atoms with van der Waals surface area (Å²) < 4.78 is 40.3. The Labute approximate surface area is 252 Å². The van der Waals surface area contributed by atoms with Crippen LogP contribution in [0.4, 0.5) is 25.0 Å². The Kier molecular flexibility index (Phi) is 9.39. The number of carbonyl (C=O) groups excluding carboxylic acids is 1. The van der Waals surface area contributed by atoms with Crippen molar-refractivity contribution in [3.05, 3.63) is 93.5 Å². The molecule has 41 heavy (non-hydrogen) atoms. The number of benzene rings is 3. The van der Waals surface area contributed by atoms with Gasteiger partial charge in [0.2, 0.25) is 0 Å². The van der Waals surface area contributed by atoms with Crippen molar-refractivity contribution in [2.24, 2.45) is 5.41 Å². The van der Waals surface area contributed by atoms with Crippen LogP contribution in [0.3, 0.4) is 0 Å². The van der Waals surface area contributed by atoms with Crippen LogP contribution in [-0.4, -0.2) is 24.6 Å². The van der Waals surface area contributed by atoms with Gasteiger partial charge in [-0.05, 0) is 59.9 Å². The van der Waals surface area contributed by atoms with Gasteiger partial charge in [0, 0.05) is 34.3 Å². The Balaban J connectivity index is 1.82. The fourth-order valence-corrected chi connectivity index (χ4v) is 6.09. The van der Waals surface area contributed by atoms with Crippen LogP contribution >= 0.6 is 35.1 Å². The van der Waals surface area contributed by atoms with Crippen LogP contribution in [-0.2, 0) is 10.2 Å². The summed E-state index contributed by atoms with van der Waals surface area (Å²) in [6, 6.07) is 17.0. The highest BCUT2D eigenvalue weighted by molar-refractivity contribution is 7.99. The van der Waals surface area contributed by atoms with E-state index in [2.05, 4.69) is 21.4 Å². The minimum Gasteiger partial charge on any atom is -0.429 e. The van der Waals surface area contributed by atoms with Gasteiger partial charge in [-0.2, -0.15) is 5.26 Å². The molecule has 4 atom stereocenters. The maximum Gasteiger partial charge on any atom is 0.413 e. The van der Waals surface area contributed by atoms with E-state index < -0.39 is 41.3 Å². The lowest BCUT2D eigenvalue weighted by atomic mass is 9.63. The Morgan fingerprint density at radius 2 is 1.80 bits per heavy atom. The smallest absolute Gasteiger partial charge is 0.413 e. The first-order valence-corrected chi connectivity index (χ1v) is 14.8. The highest BCUT2D eigenvalue weighted by atomic mass is 35.5. The molecule has 1 saturated heterocycles. The molecule has 1 amide bonds. The molecule has 3 N–H and O–H groups in total. The summed E-state index contributed by atoms with van der Waals surface area (Å²) in [5, 5.41) is 16.8. The lowest BCUT2D eigenvalue weighted by Crippen LogP contribution is -2.44. The Morgan fingerprint density at radius 1 is 1.12 bits per heavy atom. The lowest BCUT2D eigenvalue weighted by Gasteiger charge is -2.37. The molecule has 6 nitrogen and oxygen atoms in total. The number of nitrogens with zero attached hydrogens (tertiary/aromatic N) is 1. The van der Waals surface area contributed by atoms with Crippen molar-refractivity contribution in [1.29, 1.82) is 5.26 Å². The molecule has 2 unspecified atom stereocenters. The van der Waals surface area contributed by atoms with Crippen LogP contribution in [0.15, 0.2) is 60.7 Å². The Hall–Kier alpha value is -3.03.